The van der Waals surface area contributed by atoms with Crippen LogP contribution in [0.25, 0.3) is 0 Å². The third-order valence-electron chi connectivity index (χ3n) is 4.51. The number of piperidine rings is 1. The second-order valence-corrected chi connectivity index (χ2v) is 6.29. The molecule has 1 saturated carbocycles. The van der Waals surface area contributed by atoms with Crippen molar-refractivity contribution in [3.63, 3.8) is 0 Å². The summed E-state index contributed by atoms with van der Waals surface area (Å²) in [5, 5.41) is 3.50. The van der Waals surface area contributed by atoms with Crippen molar-refractivity contribution in [2.45, 2.75) is 51.1 Å². The van der Waals surface area contributed by atoms with Crippen LogP contribution in [-0.4, -0.2) is 36.0 Å². The molecule has 2 aliphatic rings. The molecule has 0 radical (unpaired) electrons. The average Bonchev–Trinajstić information content (AvgIpc) is 3.32. The van der Waals surface area contributed by atoms with E-state index in [1.165, 1.54) is 25.0 Å². The molecule has 1 N–H and O–H groups in total. The Morgan fingerprint density at radius 1 is 1.33 bits per heavy atom. The van der Waals surface area contributed by atoms with Gasteiger partial charge in [0.25, 0.3) is 5.91 Å². The molecule has 0 bridgehead atoms. The molecular weight excluding hydrogens is 267 g/mol. The first-order valence-corrected chi connectivity index (χ1v) is 7.95. The first kappa shape index (κ1) is 14.5. The molecule has 1 aliphatic heterocycles. The second-order valence-electron chi connectivity index (χ2n) is 6.29. The molecular formula is C17H23FN2O. The largest absolute Gasteiger partial charge is 0.334 e. The number of carbonyl (C=O) groups is 1. The zero-order valence-electron chi connectivity index (χ0n) is 12.6. The molecule has 0 spiro atoms. The minimum atomic E-state index is -0.338. The minimum Gasteiger partial charge on any atom is -0.334 e. The highest BCUT2D eigenvalue weighted by Gasteiger charge is 2.35. The van der Waals surface area contributed by atoms with Crippen LogP contribution in [0.4, 0.5) is 4.39 Å². The Hall–Kier alpha value is -1.42. The smallest absolute Gasteiger partial charge is 0.254 e. The fraction of sp³-hybridized carbons (Fsp3) is 0.588. The van der Waals surface area contributed by atoms with E-state index in [4.69, 9.17) is 0 Å². The molecule has 1 aliphatic carbocycles. The minimum absolute atomic E-state index is 0.0122. The summed E-state index contributed by atoms with van der Waals surface area (Å²) < 4.78 is 13.5. The monoisotopic (exact) mass is 290 g/mol. The summed E-state index contributed by atoms with van der Waals surface area (Å²) in [7, 11) is 0. The van der Waals surface area contributed by atoms with Gasteiger partial charge in [-0.25, -0.2) is 4.39 Å². The summed E-state index contributed by atoms with van der Waals surface area (Å²) in [4.78, 5) is 14.8. The highest BCUT2D eigenvalue weighted by atomic mass is 19.1. The van der Waals surface area contributed by atoms with Crippen molar-refractivity contribution in [1.29, 1.82) is 0 Å². The predicted octanol–water partition coefficient (Wildman–Crippen LogP) is 2.88. The molecule has 3 nitrogen and oxygen atoms in total. The standard InChI is InChI=1S/C17H23FN2O/c1-12-5-6-13(18)10-16(12)17(21)20(15-7-8-15)11-14-4-2-3-9-19-14/h5-6,10,14-15,19H,2-4,7-9,11H2,1H3. The van der Waals surface area contributed by atoms with Crippen LogP contribution in [0.5, 0.6) is 0 Å². The number of nitrogens with one attached hydrogen (secondary N) is 1. The Balaban J connectivity index is 1.76. The van der Waals surface area contributed by atoms with Gasteiger partial charge >= 0.3 is 0 Å². The van der Waals surface area contributed by atoms with Crippen molar-refractivity contribution in [2.24, 2.45) is 0 Å². The lowest BCUT2D eigenvalue weighted by Gasteiger charge is -2.31. The molecule has 1 saturated heterocycles. The van der Waals surface area contributed by atoms with E-state index in [1.54, 1.807) is 6.07 Å². The van der Waals surface area contributed by atoms with E-state index in [9.17, 15) is 9.18 Å². The third-order valence-corrected chi connectivity index (χ3v) is 4.51. The third kappa shape index (κ3) is 3.43. The van der Waals surface area contributed by atoms with Crippen LogP contribution >= 0.6 is 0 Å². The number of hydrogen-bond donors (Lipinski definition) is 1. The molecule has 21 heavy (non-hydrogen) atoms. The lowest BCUT2D eigenvalue weighted by Crippen LogP contribution is -2.46. The lowest BCUT2D eigenvalue weighted by molar-refractivity contribution is 0.0716. The molecule has 1 atom stereocenters. The van der Waals surface area contributed by atoms with E-state index in [-0.39, 0.29) is 11.7 Å². The van der Waals surface area contributed by atoms with Gasteiger partial charge in [0.2, 0.25) is 0 Å². The van der Waals surface area contributed by atoms with Gasteiger partial charge in [-0.2, -0.15) is 0 Å². The van der Waals surface area contributed by atoms with Crippen LogP contribution in [-0.2, 0) is 0 Å². The van der Waals surface area contributed by atoms with Gasteiger partial charge < -0.3 is 10.2 Å². The number of benzene rings is 1. The summed E-state index contributed by atoms with van der Waals surface area (Å²) in [6.07, 6.45) is 5.72. The number of hydrogen-bond acceptors (Lipinski definition) is 2. The number of rotatable bonds is 4. The van der Waals surface area contributed by atoms with E-state index < -0.39 is 0 Å². The molecule has 1 aromatic rings. The highest BCUT2D eigenvalue weighted by molar-refractivity contribution is 5.96. The van der Waals surface area contributed by atoms with E-state index in [0.29, 0.717) is 17.6 Å². The number of halogens is 1. The molecule has 2 fully saturated rings. The highest BCUT2D eigenvalue weighted by Crippen LogP contribution is 2.29. The summed E-state index contributed by atoms with van der Waals surface area (Å²) in [5.41, 5.74) is 1.36. The summed E-state index contributed by atoms with van der Waals surface area (Å²) in [6.45, 7) is 3.66. The van der Waals surface area contributed by atoms with Crippen LogP contribution in [0.15, 0.2) is 18.2 Å². The predicted molar refractivity (Wildman–Crippen MR) is 80.8 cm³/mol. The van der Waals surface area contributed by atoms with Crippen molar-refractivity contribution in [3.8, 4) is 0 Å². The molecule has 1 heterocycles. The zero-order chi connectivity index (χ0) is 14.8. The van der Waals surface area contributed by atoms with Crippen LogP contribution in [0.1, 0.15) is 48.0 Å². The van der Waals surface area contributed by atoms with Gasteiger partial charge in [0, 0.05) is 24.2 Å². The van der Waals surface area contributed by atoms with Gasteiger partial charge in [0.05, 0.1) is 0 Å². The van der Waals surface area contributed by atoms with Crippen molar-refractivity contribution in [1.82, 2.24) is 10.2 Å². The molecule has 3 rings (SSSR count). The Morgan fingerprint density at radius 3 is 2.81 bits per heavy atom. The van der Waals surface area contributed by atoms with Crippen LogP contribution < -0.4 is 5.32 Å². The van der Waals surface area contributed by atoms with Gasteiger partial charge in [0.1, 0.15) is 5.82 Å². The number of nitrogens with zero attached hydrogens (tertiary/aromatic N) is 1. The van der Waals surface area contributed by atoms with E-state index in [1.807, 2.05) is 11.8 Å². The maximum absolute atomic E-state index is 13.5. The Kier molecular flexibility index (Phi) is 4.24. The Bertz CT molecular complexity index is 522. The fourth-order valence-corrected chi connectivity index (χ4v) is 3.08. The van der Waals surface area contributed by atoms with Gasteiger partial charge in [0.15, 0.2) is 0 Å². The van der Waals surface area contributed by atoms with Gasteiger partial charge in [-0.3, -0.25) is 4.79 Å². The summed E-state index contributed by atoms with van der Waals surface area (Å²) in [5.74, 6) is -0.350. The van der Waals surface area contributed by atoms with Crippen molar-refractivity contribution in [2.75, 3.05) is 13.1 Å². The zero-order valence-corrected chi connectivity index (χ0v) is 12.6. The molecule has 114 valence electrons. The van der Waals surface area contributed by atoms with Gasteiger partial charge in [-0.05, 0) is 56.8 Å². The number of amides is 1. The average molecular weight is 290 g/mol. The fourth-order valence-electron chi connectivity index (χ4n) is 3.08. The van der Waals surface area contributed by atoms with Gasteiger partial charge in [-0.1, -0.05) is 12.5 Å². The van der Waals surface area contributed by atoms with E-state index in [2.05, 4.69) is 5.32 Å². The first-order chi connectivity index (χ1) is 10.1. The Morgan fingerprint density at radius 2 is 2.14 bits per heavy atom. The molecule has 1 aromatic carbocycles. The van der Waals surface area contributed by atoms with Crippen LogP contribution in [0.3, 0.4) is 0 Å². The van der Waals surface area contributed by atoms with Crippen molar-refractivity contribution in [3.05, 3.63) is 35.1 Å². The van der Waals surface area contributed by atoms with Crippen molar-refractivity contribution < 1.29 is 9.18 Å². The summed E-state index contributed by atoms with van der Waals surface area (Å²) in [6, 6.07) is 5.21. The second kappa shape index (κ2) is 6.14. The molecule has 1 unspecified atom stereocenters. The number of aryl methyl sites for hydroxylation is 1. The topological polar surface area (TPSA) is 32.3 Å². The maximum atomic E-state index is 13.5. The lowest BCUT2D eigenvalue weighted by atomic mass is 10.0. The van der Waals surface area contributed by atoms with E-state index in [0.717, 1.165) is 37.9 Å². The summed E-state index contributed by atoms with van der Waals surface area (Å²) >= 11 is 0. The van der Waals surface area contributed by atoms with E-state index >= 15 is 0 Å². The van der Waals surface area contributed by atoms with Crippen molar-refractivity contribution >= 4 is 5.91 Å². The number of carbonyl (C=O) groups excluding carboxylic acids is 1. The molecule has 4 heteroatoms. The van der Waals surface area contributed by atoms with Crippen LogP contribution in [0, 0.1) is 12.7 Å². The molecule has 1 amide bonds. The SMILES string of the molecule is Cc1ccc(F)cc1C(=O)N(CC1CCCCN1)C1CC1. The normalized spacial score (nSPS) is 22.1. The molecule has 0 aromatic heterocycles. The maximum Gasteiger partial charge on any atom is 0.254 e. The Labute approximate surface area is 125 Å². The quantitative estimate of drug-likeness (QED) is 0.925. The van der Waals surface area contributed by atoms with Gasteiger partial charge in [-0.15, -0.1) is 0 Å². The first-order valence-electron chi connectivity index (χ1n) is 7.95. The van der Waals surface area contributed by atoms with Crippen LogP contribution in [0.2, 0.25) is 0 Å².